The second-order valence-corrected chi connectivity index (χ2v) is 8.11. The first kappa shape index (κ1) is 18.3. The smallest absolute Gasteiger partial charge is 0.192 e. The van der Waals surface area contributed by atoms with Crippen LogP contribution in [-0.4, -0.2) is 51.6 Å². The van der Waals surface area contributed by atoms with Crippen molar-refractivity contribution < 1.29 is 13.9 Å². The Morgan fingerprint density at radius 2 is 2.10 bits per heavy atom. The summed E-state index contributed by atoms with van der Waals surface area (Å²) in [6.07, 6.45) is 2.90. The number of halogens is 1. The first-order valence-corrected chi connectivity index (χ1v) is 10.1. The molecule has 2 N–H and O–H groups in total. The molecule has 3 aromatic rings. The molecule has 0 unspecified atom stereocenters. The highest BCUT2D eigenvalue weighted by Crippen LogP contribution is 2.34. The zero-order valence-electron chi connectivity index (χ0n) is 16.5. The molecule has 0 saturated carbocycles. The highest BCUT2D eigenvalue weighted by Gasteiger charge is 2.41. The molecule has 4 atom stereocenters. The lowest BCUT2D eigenvalue weighted by molar-refractivity contribution is 0.107. The number of alkyl halides is 1. The predicted octanol–water partition coefficient (Wildman–Crippen LogP) is 3.36. The molecule has 4 heterocycles. The number of aromatic nitrogens is 3. The summed E-state index contributed by atoms with van der Waals surface area (Å²) in [5.74, 6) is 1.22. The molecule has 2 aliphatic rings. The fraction of sp³-hybridized carbons (Fsp3) is 0.476. The summed E-state index contributed by atoms with van der Waals surface area (Å²) in [4.78, 5) is 6.12. The largest absolute Gasteiger partial charge is 0.507 e. The number of fused-ring (bicyclic) bond motifs is 3. The molecule has 2 aromatic heterocycles. The number of aromatic hydroxyl groups is 1. The molecule has 0 aliphatic carbocycles. The summed E-state index contributed by atoms with van der Waals surface area (Å²) in [7, 11) is 1.88. The van der Waals surface area contributed by atoms with Gasteiger partial charge in [-0.25, -0.2) is 9.37 Å². The second kappa shape index (κ2) is 6.95. The molecule has 152 valence electrons. The lowest BCUT2D eigenvalue weighted by Gasteiger charge is -2.46. The fourth-order valence-electron chi connectivity index (χ4n) is 4.66. The van der Waals surface area contributed by atoms with E-state index in [2.05, 4.69) is 20.5 Å². The number of nitrogens with zero attached hydrogens (tertiary/aromatic N) is 4. The molecule has 2 fully saturated rings. The number of rotatable bonds is 3. The van der Waals surface area contributed by atoms with E-state index in [0.29, 0.717) is 40.1 Å². The molecule has 2 saturated heterocycles. The summed E-state index contributed by atoms with van der Waals surface area (Å²) in [6.45, 7) is 1.76. The van der Waals surface area contributed by atoms with Gasteiger partial charge in [-0.15, -0.1) is 10.2 Å². The molecular weight excluding hydrogens is 373 g/mol. The Morgan fingerprint density at radius 1 is 1.24 bits per heavy atom. The number of nitrogens with one attached hydrogen (secondary N) is 1. The topological polar surface area (TPSA) is 87.3 Å². The molecule has 1 aromatic carbocycles. The number of phenolic OH excluding ortho intramolecular Hbond substituents is 1. The third kappa shape index (κ3) is 3.21. The highest BCUT2D eigenvalue weighted by atomic mass is 19.1. The molecule has 7 nitrogen and oxygen atoms in total. The van der Waals surface area contributed by atoms with Crippen LogP contribution in [0.2, 0.25) is 0 Å². The third-order valence-electron chi connectivity index (χ3n) is 6.19. The van der Waals surface area contributed by atoms with E-state index in [0.717, 1.165) is 25.7 Å². The first-order chi connectivity index (χ1) is 14.0. The Hall–Kier alpha value is -2.74. The first-order valence-electron chi connectivity index (χ1n) is 10.1. The average Bonchev–Trinajstić information content (AvgIpc) is 3.09. The lowest BCUT2D eigenvalue weighted by Crippen LogP contribution is -2.61. The Balaban J connectivity index is 1.41. The number of hydrogen-bond acceptors (Lipinski definition) is 7. The van der Waals surface area contributed by atoms with Crippen molar-refractivity contribution in [2.45, 2.75) is 56.9 Å². The Kier molecular flexibility index (Phi) is 4.38. The van der Waals surface area contributed by atoms with Gasteiger partial charge in [0.1, 0.15) is 17.4 Å². The van der Waals surface area contributed by atoms with Crippen LogP contribution in [0, 0.1) is 6.92 Å². The van der Waals surface area contributed by atoms with E-state index in [4.69, 9.17) is 4.42 Å². The minimum atomic E-state index is -0.931. The molecule has 2 aliphatic heterocycles. The monoisotopic (exact) mass is 397 g/mol. The van der Waals surface area contributed by atoms with Crippen LogP contribution in [0.5, 0.6) is 5.75 Å². The van der Waals surface area contributed by atoms with Crippen molar-refractivity contribution in [2.75, 3.05) is 11.9 Å². The van der Waals surface area contributed by atoms with Crippen molar-refractivity contribution in [1.82, 2.24) is 20.5 Å². The molecule has 0 amide bonds. The quantitative estimate of drug-likeness (QED) is 0.701. The predicted molar refractivity (Wildman–Crippen MR) is 108 cm³/mol. The molecule has 0 radical (unpaired) electrons. The van der Waals surface area contributed by atoms with Gasteiger partial charge in [-0.3, -0.25) is 0 Å². The van der Waals surface area contributed by atoms with Gasteiger partial charge < -0.3 is 19.7 Å². The molecular formula is C21H24FN5O2. The van der Waals surface area contributed by atoms with Crippen LogP contribution in [0.1, 0.15) is 31.6 Å². The van der Waals surface area contributed by atoms with Gasteiger partial charge in [0, 0.05) is 37.7 Å². The zero-order chi connectivity index (χ0) is 20.1. The number of oxazole rings is 1. The highest BCUT2D eigenvalue weighted by molar-refractivity contribution is 5.83. The minimum Gasteiger partial charge on any atom is -0.507 e. The summed E-state index contributed by atoms with van der Waals surface area (Å²) in [5.41, 5.74) is 2.23. The fourth-order valence-corrected chi connectivity index (χ4v) is 4.66. The number of piperidine rings is 2. The summed E-state index contributed by atoms with van der Waals surface area (Å²) < 4.78 is 20.5. The van der Waals surface area contributed by atoms with Crippen LogP contribution in [0.4, 0.5) is 10.2 Å². The molecule has 29 heavy (non-hydrogen) atoms. The van der Waals surface area contributed by atoms with Crippen molar-refractivity contribution in [2.24, 2.45) is 0 Å². The van der Waals surface area contributed by atoms with Crippen LogP contribution in [0.25, 0.3) is 22.4 Å². The number of benzene rings is 1. The Morgan fingerprint density at radius 3 is 2.90 bits per heavy atom. The Bertz CT molecular complexity index is 1040. The lowest BCUT2D eigenvalue weighted by atomic mass is 9.82. The van der Waals surface area contributed by atoms with Gasteiger partial charge >= 0.3 is 0 Å². The van der Waals surface area contributed by atoms with Crippen LogP contribution in [0.3, 0.4) is 0 Å². The van der Waals surface area contributed by atoms with E-state index in [1.54, 1.807) is 25.1 Å². The normalized spacial score (nSPS) is 26.6. The van der Waals surface area contributed by atoms with E-state index >= 15 is 4.39 Å². The molecule has 2 bridgehead atoms. The van der Waals surface area contributed by atoms with Crippen molar-refractivity contribution in [3.05, 3.63) is 30.2 Å². The van der Waals surface area contributed by atoms with E-state index < -0.39 is 6.17 Å². The van der Waals surface area contributed by atoms with Crippen molar-refractivity contribution >= 4 is 16.9 Å². The van der Waals surface area contributed by atoms with Crippen molar-refractivity contribution in [3.8, 4) is 17.0 Å². The number of aryl methyl sites for hydroxylation is 1. The maximum Gasteiger partial charge on any atom is 0.192 e. The SMILES string of the molecule is Cc1nc2cc(O)c(-c3ccc(N(C)[C@H]4C[C@@H]5CCC[C@@H](N5)[C@H]4F)nn3)cc2o1. The minimum absolute atomic E-state index is 0.0659. The number of hydrogen-bond donors (Lipinski definition) is 2. The zero-order valence-corrected chi connectivity index (χ0v) is 16.5. The van der Waals surface area contributed by atoms with Crippen molar-refractivity contribution in [1.29, 1.82) is 0 Å². The van der Waals surface area contributed by atoms with Gasteiger partial charge in [0.2, 0.25) is 0 Å². The standard InChI is InChI=1S/C21H24FN5O2/c1-11-23-16-10-18(28)13(9-19(16)29-11)14-6-7-20(26-25-14)27(2)17-8-12-4-3-5-15(24-12)21(17)22/h6-7,9-10,12,15,17,21,24,28H,3-5,8H2,1-2H3/t12-,15+,17-,21+/m0/s1. The Labute approximate surface area is 167 Å². The van der Waals surface area contributed by atoms with Crippen LogP contribution in [0.15, 0.2) is 28.7 Å². The van der Waals surface area contributed by atoms with E-state index in [1.807, 2.05) is 18.0 Å². The van der Waals surface area contributed by atoms with Gasteiger partial charge in [0.25, 0.3) is 0 Å². The molecule has 0 spiro atoms. The van der Waals surface area contributed by atoms with E-state index in [-0.39, 0.29) is 17.8 Å². The number of anilines is 1. The van der Waals surface area contributed by atoms with Gasteiger partial charge in [0.15, 0.2) is 17.3 Å². The second-order valence-electron chi connectivity index (χ2n) is 8.11. The van der Waals surface area contributed by atoms with Crippen LogP contribution in [-0.2, 0) is 0 Å². The van der Waals surface area contributed by atoms with Gasteiger partial charge in [0.05, 0.1) is 11.7 Å². The summed E-state index contributed by atoms with van der Waals surface area (Å²) in [5, 5.41) is 22.4. The van der Waals surface area contributed by atoms with E-state index in [1.165, 1.54) is 0 Å². The third-order valence-corrected chi connectivity index (χ3v) is 6.19. The maximum atomic E-state index is 15.0. The molecule has 5 rings (SSSR count). The van der Waals surface area contributed by atoms with Crippen LogP contribution >= 0.6 is 0 Å². The van der Waals surface area contributed by atoms with E-state index in [9.17, 15) is 5.11 Å². The molecule has 8 heteroatoms. The maximum absolute atomic E-state index is 15.0. The van der Waals surface area contributed by atoms with Gasteiger partial charge in [-0.1, -0.05) is 6.42 Å². The van der Waals surface area contributed by atoms with Crippen molar-refractivity contribution in [3.63, 3.8) is 0 Å². The number of phenols is 1. The summed E-state index contributed by atoms with van der Waals surface area (Å²) in [6, 6.07) is 6.97. The summed E-state index contributed by atoms with van der Waals surface area (Å²) >= 11 is 0. The van der Waals surface area contributed by atoms with Crippen LogP contribution < -0.4 is 10.2 Å². The van der Waals surface area contributed by atoms with Gasteiger partial charge in [-0.05, 0) is 37.5 Å². The average molecular weight is 397 g/mol. The van der Waals surface area contributed by atoms with Gasteiger partial charge in [-0.2, -0.15) is 0 Å².